The van der Waals surface area contributed by atoms with Crippen LogP contribution in [0, 0.1) is 6.92 Å². The molecule has 0 radical (unpaired) electrons. The van der Waals surface area contributed by atoms with E-state index < -0.39 is 0 Å². The number of phenolic OH excluding ortho intramolecular Hbond substituents is 1. The maximum Gasteiger partial charge on any atom is 0.122 e. The van der Waals surface area contributed by atoms with Gasteiger partial charge in [-0.15, -0.1) is 0 Å². The number of hydrogen-bond donors (Lipinski definition) is 2. The molecule has 1 aromatic carbocycles. The second kappa shape index (κ2) is 4.33. The largest absolute Gasteiger partial charge is 0.508 e. The summed E-state index contributed by atoms with van der Waals surface area (Å²) in [4.78, 5) is 0. The minimum absolute atomic E-state index is 0.0355. The van der Waals surface area contributed by atoms with Crippen molar-refractivity contribution < 1.29 is 9.84 Å². The second-order valence-electron chi connectivity index (χ2n) is 3.63. The van der Waals surface area contributed by atoms with Gasteiger partial charge in [0.1, 0.15) is 11.5 Å². The average Bonchev–Trinajstić information content (AvgIpc) is 2.09. The Morgan fingerprint density at radius 3 is 2.64 bits per heavy atom. The number of benzene rings is 1. The molecule has 14 heavy (non-hydrogen) atoms. The Morgan fingerprint density at radius 1 is 1.50 bits per heavy atom. The van der Waals surface area contributed by atoms with E-state index in [1.165, 1.54) is 0 Å². The monoisotopic (exact) mass is 195 g/mol. The number of ether oxygens (including phenoxy) is 1. The minimum atomic E-state index is 0.0355. The molecule has 78 valence electrons. The van der Waals surface area contributed by atoms with E-state index in [1.54, 1.807) is 13.2 Å². The predicted molar refractivity (Wildman–Crippen MR) is 56.7 cm³/mol. The molecule has 3 nitrogen and oxygen atoms in total. The van der Waals surface area contributed by atoms with E-state index in [-0.39, 0.29) is 6.04 Å². The van der Waals surface area contributed by atoms with Crippen LogP contribution in [0.4, 0.5) is 0 Å². The third kappa shape index (κ3) is 2.39. The van der Waals surface area contributed by atoms with Crippen molar-refractivity contribution in [3.63, 3.8) is 0 Å². The van der Waals surface area contributed by atoms with Gasteiger partial charge in [-0.3, -0.25) is 0 Å². The van der Waals surface area contributed by atoms with Gasteiger partial charge in [0.15, 0.2) is 0 Å². The number of rotatable bonds is 3. The third-order valence-electron chi connectivity index (χ3n) is 2.14. The van der Waals surface area contributed by atoms with E-state index >= 15 is 0 Å². The van der Waals surface area contributed by atoms with Crippen molar-refractivity contribution in [3.8, 4) is 11.5 Å². The molecular formula is C11H17NO2. The molecule has 0 heterocycles. The summed E-state index contributed by atoms with van der Waals surface area (Å²) in [5.41, 5.74) is 7.44. The van der Waals surface area contributed by atoms with Crippen molar-refractivity contribution in [2.24, 2.45) is 5.73 Å². The molecular weight excluding hydrogens is 178 g/mol. The molecule has 3 heteroatoms. The van der Waals surface area contributed by atoms with E-state index in [9.17, 15) is 5.11 Å². The molecule has 1 aromatic rings. The zero-order valence-corrected chi connectivity index (χ0v) is 8.87. The second-order valence-corrected chi connectivity index (χ2v) is 3.63. The molecule has 0 unspecified atom stereocenters. The first kappa shape index (κ1) is 10.9. The maximum atomic E-state index is 9.65. The summed E-state index contributed by atoms with van der Waals surface area (Å²) in [5.74, 6) is 1.08. The van der Waals surface area contributed by atoms with Crippen LogP contribution in [0.25, 0.3) is 0 Å². The topological polar surface area (TPSA) is 55.5 Å². The van der Waals surface area contributed by atoms with Crippen molar-refractivity contribution >= 4 is 0 Å². The Kier molecular flexibility index (Phi) is 3.36. The van der Waals surface area contributed by atoms with E-state index in [0.717, 1.165) is 16.9 Å². The van der Waals surface area contributed by atoms with E-state index in [4.69, 9.17) is 10.5 Å². The third-order valence-corrected chi connectivity index (χ3v) is 2.14. The summed E-state index contributed by atoms with van der Waals surface area (Å²) in [7, 11) is 1.62. The number of hydrogen-bond acceptors (Lipinski definition) is 3. The highest BCUT2D eigenvalue weighted by atomic mass is 16.5. The van der Waals surface area contributed by atoms with Gasteiger partial charge in [0.2, 0.25) is 0 Å². The molecule has 3 N–H and O–H groups in total. The Balaban J connectivity index is 3.04. The molecule has 0 saturated carbocycles. The lowest BCUT2D eigenvalue weighted by Crippen LogP contribution is -2.17. The van der Waals surface area contributed by atoms with Crippen molar-refractivity contribution in [2.45, 2.75) is 26.3 Å². The lowest BCUT2D eigenvalue weighted by atomic mass is 10.0. The fourth-order valence-electron chi connectivity index (χ4n) is 1.45. The Hall–Kier alpha value is -1.22. The van der Waals surface area contributed by atoms with Crippen LogP contribution >= 0.6 is 0 Å². The highest BCUT2D eigenvalue weighted by Crippen LogP contribution is 2.27. The molecule has 0 aliphatic rings. The first-order chi connectivity index (χ1) is 6.54. The lowest BCUT2D eigenvalue weighted by molar-refractivity contribution is 0.407. The van der Waals surface area contributed by atoms with Gasteiger partial charge < -0.3 is 15.6 Å². The Morgan fingerprint density at radius 2 is 2.14 bits per heavy atom. The van der Waals surface area contributed by atoms with Gasteiger partial charge in [-0.25, -0.2) is 0 Å². The van der Waals surface area contributed by atoms with Crippen LogP contribution in [-0.4, -0.2) is 18.3 Å². The molecule has 0 fully saturated rings. The van der Waals surface area contributed by atoms with Gasteiger partial charge in [0, 0.05) is 6.04 Å². The smallest absolute Gasteiger partial charge is 0.122 e. The van der Waals surface area contributed by atoms with Crippen LogP contribution < -0.4 is 10.5 Å². The van der Waals surface area contributed by atoms with E-state index in [2.05, 4.69) is 0 Å². The number of aryl methyl sites for hydroxylation is 1. The van der Waals surface area contributed by atoms with Crippen LogP contribution in [0.1, 0.15) is 18.1 Å². The van der Waals surface area contributed by atoms with Crippen LogP contribution in [0.2, 0.25) is 0 Å². The molecule has 0 spiro atoms. The highest BCUT2D eigenvalue weighted by molar-refractivity contribution is 5.45. The van der Waals surface area contributed by atoms with Crippen LogP contribution in [0.5, 0.6) is 11.5 Å². The van der Waals surface area contributed by atoms with E-state index in [1.807, 2.05) is 19.9 Å². The summed E-state index contributed by atoms with van der Waals surface area (Å²) in [6.07, 6.45) is 0.655. The summed E-state index contributed by atoms with van der Waals surface area (Å²) in [6, 6.07) is 3.58. The van der Waals surface area contributed by atoms with Crippen molar-refractivity contribution in [3.05, 3.63) is 23.3 Å². The number of nitrogens with two attached hydrogens (primary N) is 1. The molecule has 0 aromatic heterocycles. The summed E-state index contributed by atoms with van der Waals surface area (Å²) in [5, 5.41) is 9.65. The maximum absolute atomic E-state index is 9.65. The van der Waals surface area contributed by atoms with Crippen LogP contribution in [0.15, 0.2) is 12.1 Å². The fourth-order valence-corrected chi connectivity index (χ4v) is 1.45. The SMILES string of the molecule is COc1cc(C[C@@H](C)N)c(O)cc1C. The first-order valence-corrected chi connectivity index (χ1v) is 4.66. The predicted octanol–water partition coefficient (Wildman–Crippen LogP) is 1.60. The molecule has 1 atom stereocenters. The van der Waals surface area contributed by atoms with Gasteiger partial charge in [-0.1, -0.05) is 0 Å². The van der Waals surface area contributed by atoms with Gasteiger partial charge in [0.25, 0.3) is 0 Å². The molecule has 0 aliphatic heterocycles. The van der Waals surface area contributed by atoms with Crippen molar-refractivity contribution in [1.82, 2.24) is 0 Å². The molecule has 0 amide bonds. The highest BCUT2D eigenvalue weighted by Gasteiger charge is 2.08. The zero-order valence-electron chi connectivity index (χ0n) is 8.87. The quantitative estimate of drug-likeness (QED) is 0.770. The first-order valence-electron chi connectivity index (χ1n) is 4.66. The summed E-state index contributed by atoms with van der Waals surface area (Å²) >= 11 is 0. The zero-order chi connectivity index (χ0) is 10.7. The normalized spacial score (nSPS) is 12.6. The standard InChI is InChI=1S/C11H17NO2/c1-7-4-10(13)9(5-8(2)12)6-11(7)14-3/h4,6,8,13H,5,12H2,1-3H3/t8-/m1/s1. The summed E-state index contributed by atoms with van der Waals surface area (Å²) < 4.78 is 5.17. The van der Waals surface area contributed by atoms with E-state index in [0.29, 0.717) is 12.2 Å². The molecule has 0 aliphatic carbocycles. The average molecular weight is 195 g/mol. The van der Waals surface area contributed by atoms with Crippen molar-refractivity contribution in [2.75, 3.05) is 7.11 Å². The molecule has 0 saturated heterocycles. The molecule has 0 bridgehead atoms. The molecule has 1 rings (SSSR count). The van der Waals surface area contributed by atoms with Gasteiger partial charge >= 0.3 is 0 Å². The lowest BCUT2D eigenvalue weighted by Gasteiger charge is -2.11. The fraction of sp³-hybridized carbons (Fsp3) is 0.455. The van der Waals surface area contributed by atoms with Crippen molar-refractivity contribution in [1.29, 1.82) is 0 Å². The number of methoxy groups -OCH3 is 1. The number of phenols is 1. The van der Waals surface area contributed by atoms with Crippen LogP contribution in [0.3, 0.4) is 0 Å². The minimum Gasteiger partial charge on any atom is -0.508 e. The summed E-state index contributed by atoms with van der Waals surface area (Å²) in [6.45, 7) is 3.81. The number of aromatic hydroxyl groups is 1. The van der Waals surface area contributed by atoms with Gasteiger partial charge in [-0.2, -0.15) is 0 Å². The van der Waals surface area contributed by atoms with Gasteiger partial charge in [0.05, 0.1) is 7.11 Å². The Labute approximate surface area is 84.5 Å². The van der Waals surface area contributed by atoms with Crippen LogP contribution in [-0.2, 0) is 6.42 Å². The Bertz CT molecular complexity index is 321. The van der Waals surface area contributed by atoms with Gasteiger partial charge in [-0.05, 0) is 43.5 Å².